The van der Waals surface area contributed by atoms with Gasteiger partial charge in [-0.25, -0.2) is 4.79 Å². The molecular weight excluding hydrogens is 222 g/mol. The van der Waals surface area contributed by atoms with Gasteiger partial charge in [0.2, 0.25) is 0 Å². The van der Waals surface area contributed by atoms with Crippen LogP contribution in [-0.2, 0) is 4.79 Å². The maximum Gasteiger partial charge on any atom is 0.328 e. The first-order valence-electron chi connectivity index (χ1n) is 4.87. The molecule has 0 atom stereocenters. The van der Waals surface area contributed by atoms with Crippen molar-refractivity contribution in [2.24, 2.45) is 0 Å². The minimum atomic E-state index is -0.919. The molecule has 82 valence electrons. The predicted molar refractivity (Wildman–Crippen MR) is 67.1 cm³/mol. The largest absolute Gasteiger partial charge is 0.478 e. The van der Waals surface area contributed by atoms with E-state index in [0.29, 0.717) is 6.54 Å². The number of carboxylic acids is 1. The minimum absolute atomic E-state index is 0.521. The van der Waals surface area contributed by atoms with Gasteiger partial charge in [0, 0.05) is 28.1 Å². The molecule has 0 spiro atoms. The van der Waals surface area contributed by atoms with E-state index < -0.39 is 5.97 Å². The molecule has 1 aromatic heterocycles. The average Bonchev–Trinajstić information content (AvgIpc) is 2.68. The Hall–Kier alpha value is -1.81. The van der Waals surface area contributed by atoms with Crippen molar-refractivity contribution in [1.29, 1.82) is 0 Å². The number of nitrogens with one attached hydrogen (secondary N) is 1. The van der Waals surface area contributed by atoms with Crippen LogP contribution in [0.4, 0.5) is 5.69 Å². The van der Waals surface area contributed by atoms with Crippen LogP contribution < -0.4 is 5.32 Å². The lowest BCUT2D eigenvalue weighted by atomic mass is 10.2. The molecule has 0 unspecified atom stereocenters. The van der Waals surface area contributed by atoms with E-state index in [4.69, 9.17) is 5.11 Å². The molecule has 0 saturated heterocycles. The number of carbonyl (C=O) groups is 1. The first-order chi connectivity index (χ1) is 7.77. The third kappa shape index (κ3) is 2.41. The van der Waals surface area contributed by atoms with Crippen LogP contribution in [0.2, 0.25) is 0 Å². The monoisotopic (exact) mass is 233 g/mol. The van der Waals surface area contributed by atoms with Crippen molar-refractivity contribution >= 4 is 33.1 Å². The van der Waals surface area contributed by atoms with Crippen LogP contribution >= 0.6 is 11.3 Å². The molecule has 2 N–H and O–H groups in total. The lowest BCUT2D eigenvalue weighted by Crippen LogP contribution is -1.98. The van der Waals surface area contributed by atoms with Gasteiger partial charge in [-0.2, -0.15) is 0 Å². The van der Waals surface area contributed by atoms with Gasteiger partial charge in [0.1, 0.15) is 0 Å². The summed E-state index contributed by atoms with van der Waals surface area (Å²) in [5, 5.41) is 14.8. The lowest BCUT2D eigenvalue weighted by molar-refractivity contribution is -0.131. The van der Waals surface area contributed by atoms with Gasteiger partial charge in [-0.15, -0.1) is 11.3 Å². The Morgan fingerprint density at radius 1 is 1.44 bits per heavy atom. The second-order valence-electron chi connectivity index (χ2n) is 3.27. The number of carboxylic acid groups (broad SMARTS) is 1. The molecular formula is C12H11NO2S. The highest BCUT2D eigenvalue weighted by Crippen LogP contribution is 2.29. The first-order valence-corrected chi connectivity index (χ1v) is 5.75. The average molecular weight is 233 g/mol. The number of benzene rings is 1. The molecule has 0 saturated carbocycles. The van der Waals surface area contributed by atoms with E-state index in [9.17, 15) is 4.79 Å². The van der Waals surface area contributed by atoms with Crippen molar-refractivity contribution < 1.29 is 9.90 Å². The molecule has 4 heteroatoms. The summed E-state index contributed by atoms with van der Waals surface area (Å²) in [7, 11) is 0. The van der Waals surface area contributed by atoms with Gasteiger partial charge in [-0.3, -0.25) is 0 Å². The molecule has 0 aliphatic rings. The Bertz CT molecular complexity index is 531. The van der Waals surface area contributed by atoms with Gasteiger partial charge in [0.25, 0.3) is 0 Å². The molecule has 1 aromatic carbocycles. The van der Waals surface area contributed by atoms with E-state index >= 15 is 0 Å². The number of thiophene rings is 1. The predicted octanol–water partition coefficient (Wildman–Crippen LogP) is 2.95. The normalized spacial score (nSPS) is 11.0. The Kier molecular flexibility index (Phi) is 3.22. The summed E-state index contributed by atoms with van der Waals surface area (Å²) in [4.78, 5) is 10.3. The van der Waals surface area contributed by atoms with Crippen LogP contribution in [0.15, 0.2) is 41.8 Å². The van der Waals surface area contributed by atoms with Crippen molar-refractivity contribution in [2.75, 3.05) is 11.9 Å². The van der Waals surface area contributed by atoms with Crippen molar-refractivity contribution in [3.8, 4) is 0 Å². The third-order valence-corrected chi connectivity index (χ3v) is 3.12. The molecule has 3 nitrogen and oxygen atoms in total. The van der Waals surface area contributed by atoms with Gasteiger partial charge in [0.15, 0.2) is 0 Å². The highest BCUT2D eigenvalue weighted by atomic mass is 32.1. The quantitative estimate of drug-likeness (QED) is 0.798. The molecule has 2 rings (SSSR count). The fraction of sp³-hybridized carbons (Fsp3) is 0.0833. The topological polar surface area (TPSA) is 49.3 Å². The maximum atomic E-state index is 10.3. The van der Waals surface area contributed by atoms with E-state index in [2.05, 4.69) is 17.4 Å². The number of rotatable bonds is 4. The van der Waals surface area contributed by atoms with Crippen LogP contribution in [0.5, 0.6) is 0 Å². The zero-order valence-corrected chi connectivity index (χ0v) is 9.33. The van der Waals surface area contributed by atoms with Crippen LogP contribution in [0.25, 0.3) is 10.1 Å². The van der Waals surface area contributed by atoms with Gasteiger partial charge in [-0.1, -0.05) is 24.3 Å². The van der Waals surface area contributed by atoms with Gasteiger partial charge in [-0.05, 0) is 6.07 Å². The van der Waals surface area contributed by atoms with E-state index in [1.165, 1.54) is 10.1 Å². The highest BCUT2D eigenvalue weighted by Gasteiger charge is 2.00. The fourth-order valence-electron chi connectivity index (χ4n) is 1.44. The van der Waals surface area contributed by atoms with Crippen LogP contribution in [0.3, 0.4) is 0 Å². The molecule has 2 aromatic rings. The van der Waals surface area contributed by atoms with Crippen molar-refractivity contribution in [2.45, 2.75) is 0 Å². The van der Waals surface area contributed by atoms with Crippen molar-refractivity contribution in [3.63, 3.8) is 0 Å². The summed E-state index contributed by atoms with van der Waals surface area (Å²) in [5.74, 6) is -0.919. The number of anilines is 1. The fourth-order valence-corrected chi connectivity index (χ4v) is 2.36. The summed E-state index contributed by atoms with van der Waals surface area (Å²) in [6, 6.07) is 8.12. The van der Waals surface area contributed by atoms with Crippen molar-refractivity contribution in [1.82, 2.24) is 0 Å². The minimum Gasteiger partial charge on any atom is -0.478 e. The van der Waals surface area contributed by atoms with E-state index in [-0.39, 0.29) is 0 Å². The van der Waals surface area contributed by atoms with E-state index in [1.54, 1.807) is 17.4 Å². The molecule has 0 fully saturated rings. The molecule has 0 bridgehead atoms. The Balaban J connectivity index is 2.07. The lowest BCUT2D eigenvalue weighted by Gasteiger charge is -2.00. The summed E-state index contributed by atoms with van der Waals surface area (Å²) in [6.07, 6.45) is 2.73. The highest BCUT2D eigenvalue weighted by molar-refractivity contribution is 7.17. The standard InChI is InChI=1S/C12H11NO2S/c14-12(15)6-3-7-13-10-8-16-11-5-2-1-4-9(10)11/h1-6,8,13H,7H2,(H,14,15)/b6-3+. The third-order valence-electron chi connectivity index (χ3n) is 2.15. The Morgan fingerprint density at radius 2 is 2.25 bits per heavy atom. The van der Waals surface area contributed by atoms with Gasteiger partial charge in [0.05, 0.1) is 5.69 Å². The zero-order valence-electron chi connectivity index (χ0n) is 8.51. The Labute approximate surface area is 97.0 Å². The molecule has 16 heavy (non-hydrogen) atoms. The maximum absolute atomic E-state index is 10.3. The number of hydrogen-bond donors (Lipinski definition) is 2. The Morgan fingerprint density at radius 3 is 3.06 bits per heavy atom. The summed E-state index contributed by atoms with van der Waals surface area (Å²) < 4.78 is 1.23. The molecule has 0 aliphatic heterocycles. The summed E-state index contributed by atoms with van der Waals surface area (Å²) >= 11 is 1.68. The first kappa shape index (κ1) is 10.7. The number of aliphatic carboxylic acids is 1. The summed E-state index contributed by atoms with van der Waals surface area (Å²) in [5.41, 5.74) is 1.05. The van der Waals surface area contributed by atoms with E-state index in [1.807, 2.05) is 17.5 Å². The second-order valence-corrected chi connectivity index (χ2v) is 4.18. The zero-order chi connectivity index (χ0) is 11.4. The van der Waals surface area contributed by atoms with E-state index in [0.717, 1.165) is 11.8 Å². The molecule has 0 amide bonds. The summed E-state index contributed by atoms with van der Waals surface area (Å²) in [6.45, 7) is 0.521. The van der Waals surface area contributed by atoms with Crippen LogP contribution in [-0.4, -0.2) is 17.6 Å². The van der Waals surface area contributed by atoms with Crippen LogP contribution in [0.1, 0.15) is 0 Å². The van der Waals surface area contributed by atoms with Crippen LogP contribution in [0, 0.1) is 0 Å². The molecule has 0 radical (unpaired) electrons. The van der Waals surface area contributed by atoms with Crippen molar-refractivity contribution in [3.05, 3.63) is 41.8 Å². The smallest absolute Gasteiger partial charge is 0.328 e. The molecule has 1 heterocycles. The SMILES string of the molecule is O=C(O)/C=C/CNc1csc2ccccc12. The molecule has 0 aliphatic carbocycles. The number of hydrogen-bond acceptors (Lipinski definition) is 3. The number of fused-ring (bicyclic) bond motifs is 1. The van der Waals surface area contributed by atoms with Gasteiger partial charge >= 0.3 is 5.97 Å². The van der Waals surface area contributed by atoms with Gasteiger partial charge < -0.3 is 10.4 Å². The second kappa shape index (κ2) is 4.81.